The van der Waals surface area contributed by atoms with E-state index in [4.69, 9.17) is 4.74 Å². The predicted molar refractivity (Wildman–Crippen MR) is 107 cm³/mol. The van der Waals surface area contributed by atoms with Gasteiger partial charge in [0.2, 0.25) is 0 Å². The molecular weight excluding hydrogens is 340 g/mol. The highest BCUT2D eigenvalue weighted by Crippen LogP contribution is 2.23. The maximum absolute atomic E-state index is 10.4. The average molecular weight is 365 g/mol. The molecule has 3 aromatic rings. The fourth-order valence-corrected chi connectivity index (χ4v) is 3.55. The topological polar surface area (TPSA) is 64.6 Å². The van der Waals surface area contributed by atoms with Crippen LogP contribution in [0.25, 0.3) is 10.9 Å². The van der Waals surface area contributed by atoms with Crippen molar-refractivity contribution < 1.29 is 9.84 Å². The van der Waals surface area contributed by atoms with Gasteiger partial charge in [0.15, 0.2) is 0 Å². The van der Waals surface area contributed by atoms with Crippen LogP contribution in [0.1, 0.15) is 5.56 Å². The largest absolute Gasteiger partial charge is 0.497 e. The van der Waals surface area contributed by atoms with Crippen LogP contribution in [0.3, 0.4) is 0 Å². The van der Waals surface area contributed by atoms with Crippen LogP contribution in [-0.4, -0.2) is 59.6 Å². The normalized spacial score (nSPS) is 16.6. The average Bonchev–Trinajstić information content (AvgIpc) is 3.17. The molecule has 6 nitrogen and oxygen atoms in total. The van der Waals surface area contributed by atoms with E-state index >= 15 is 0 Å². The summed E-state index contributed by atoms with van der Waals surface area (Å²) in [7, 11) is 1.66. The fraction of sp³-hybridized carbons (Fsp3) is 0.333. The Morgan fingerprint density at radius 2 is 2.04 bits per heavy atom. The van der Waals surface area contributed by atoms with Crippen LogP contribution < -0.4 is 9.64 Å². The second kappa shape index (κ2) is 7.98. The summed E-state index contributed by atoms with van der Waals surface area (Å²) in [5.74, 6) is 0.840. The third-order valence-electron chi connectivity index (χ3n) is 5.07. The predicted octanol–water partition coefficient (Wildman–Crippen LogP) is 2.46. The first-order valence-electron chi connectivity index (χ1n) is 9.28. The number of H-pyrrole nitrogens is 1. The number of nitrogens with zero attached hydrogens (tertiary/aromatic N) is 3. The Hall–Kier alpha value is -2.57. The van der Waals surface area contributed by atoms with Crippen LogP contribution >= 0.6 is 0 Å². The van der Waals surface area contributed by atoms with Crippen molar-refractivity contribution in [1.29, 1.82) is 0 Å². The molecule has 2 N–H and O–H groups in total. The molecule has 2 aromatic carbocycles. The summed E-state index contributed by atoms with van der Waals surface area (Å²) in [4.78, 5) is 4.57. The number of benzene rings is 2. The summed E-state index contributed by atoms with van der Waals surface area (Å²) >= 11 is 0. The minimum absolute atomic E-state index is 0.374. The van der Waals surface area contributed by atoms with Crippen molar-refractivity contribution >= 4 is 16.6 Å². The fourth-order valence-electron chi connectivity index (χ4n) is 3.55. The molecule has 1 fully saturated rings. The number of hydrogen-bond donors (Lipinski definition) is 2. The number of piperazine rings is 1. The van der Waals surface area contributed by atoms with Gasteiger partial charge in [-0.25, -0.2) is 0 Å². The molecule has 0 amide bonds. The Bertz CT molecular complexity index is 869. The molecular formula is C21H25N4O2. The summed E-state index contributed by atoms with van der Waals surface area (Å²) in [5, 5.41) is 18.6. The number of hydrogen-bond acceptors (Lipinski definition) is 5. The lowest BCUT2D eigenvalue weighted by Gasteiger charge is -2.36. The second-order valence-electron chi connectivity index (χ2n) is 6.98. The van der Waals surface area contributed by atoms with Gasteiger partial charge in [-0.15, -0.1) is 0 Å². The van der Waals surface area contributed by atoms with E-state index in [0.717, 1.165) is 41.9 Å². The van der Waals surface area contributed by atoms with Crippen LogP contribution in [0.4, 0.5) is 5.69 Å². The smallest absolute Gasteiger partial charge is 0.118 e. The SMILES string of the molecule is COc1ccc(CC(O)CN2C[CH]N(c3ccc4[nH]ncc4c3)CC2)cc1. The summed E-state index contributed by atoms with van der Waals surface area (Å²) in [6.45, 7) is 5.56. The zero-order valence-corrected chi connectivity index (χ0v) is 15.5. The Kier molecular flexibility index (Phi) is 5.27. The molecule has 27 heavy (non-hydrogen) atoms. The molecule has 0 saturated carbocycles. The quantitative estimate of drug-likeness (QED) is 0.703. The monoisotopic (exact) mass is 365 g/mol. The standard InChI is InChI=1S/C21H25N4O2/c1-27-20-5-2-16(3-6-20)12-19(26)15-24-8-10-25(11-9-24)18-4-7-21-17(13-18)14-22-23-21/h2-7,10,13-14,19,26H,8-9,11-12,15H2,1H3,(H,22,23). The van der Waals surface area contributed by atoms with Gasteiger partial charge < -0.3 is 14.7 Å². The maximum Gasteiger partial charge on any atom is 0.118 e. The van der Waals surface area contributed by atoms with Crippen LogP contribution in [0.2, 0.25) is 0 Å². The number of aromatic nitrogens is 2. The molecule has 1 atom stereocenters. The van der Waals surface area contributed by atoms with Crippen molar-refractivity contribution in [3.05, 3.63) is 60.8 Å². The van der Waals surface area contributed by atoms with E-state index in [9.17, 15) is 5.11 Å². The van der Waals surface area contributed by atoms with Gasteiger partial charge in [-0.05, 0) is 42.3 Å². The summed E-state index contributed by atoms with van der Waals surface area (Å²) < 4.78 is 5.18. The molecule has 1 unspecified atom stereocenters. The summed E-state index contributed by atoms with van der Waals surface area (Å²) in [6, 6.07) is 14.2. The molecule has 0 spiro atoms. The van der Waals surface area contributed by atoms with E-state index in [0.29, 0.717) is 13.0 Å². The highest BCUT2D eigenvalue weighted by atomic mass is 16.5. The molecule has 1 aliphatic heterocycles. The van der Waals surface area contributed by atoms with Gasteiger partial charge >= 0.3 is 0 Å². The van der Waals surface area contributed by atoms with E-state index in [1.165, 1.54) is 5.69 Å². The highest BCUT2D eigenvalue weighted by molar-refractivity contribution is 5.82. The van der Waals surface area contributed by atoms with Crippen LogP contribution in [-0.2, 0) is 6.42 Å². The second-order valence-corrected chi connectivity index (χ2v) is 6.98. The molecule has 4 rings (SSSR count). The first kappa shape index (κ1) is 17.8. The number of aliphatic hydroxyl groups excluding tert-OH is 1. The Balaban J connectivity index is 1.28. The molecule has 1 saturated heterocycles. The summed E-state index contributed by atoms with van der Waals surface area (Å²) in [5.41, 5.74) is 3.36. The molecule has 1 radical (unpaired) electrons. The number of methoxy groups -OCH3 is 1. The van der Waals surface area contributed by atoms with E-state index in [1.807, 2.05) is 30.5 Å². The highest BCUT2D eigenvalue weighted by Gasteiger charge is 2.20. The number of aliphatic hydroxyl groups is 1. The van der Waals surface area contributed by atoms with Crippen LogP contribution in [0, 0.1) is 6.54 Å². The van der Waals surface area contributed by atoms with Gasteiger partial charge in [-0.3, -0.25) is 10.00 Å². The molecule has 0 aliphatic carbocycles. The first-order valence-corrected chi connectivity index (χ1v) is 9.28. The molecule has 6 heteroatoms. The molecule has 1 aliphatic rings. The van der Waals surface area contributed by atoms with Gasteiger partial charge in [0, 0.05) is 37.3 Å². The number of aromatic amines is 1. The van der Waals surface area contributed by atoms with Crippen LogP contribution in [0.15, 0.2) is 48.7 Å². The van der Waals surface area contributed by atoms with Gasteiger partial charge in [-0.2, -0.15) is 5.10 Å². The van der Waals surface area contributed by atoms with Crippen molar-refractivity contribution in [2.75, 3.05) is 38.2 Å². The lowest BCUT2D eigenvalue weighted by atomic mass is 10.1. The van der Waals surface area contributed by atoms with E-state index in [1.54, 1.807) is 7.11 Å². The van der Waals surface area contributed by atoms with Gasteiger partial charge in [0.05, 0.1) is 31.5 Å². The minimum atomic E-state index is -0.374. The van der Waals surface area contributed by atoms with Gasteiger partial charge in [0.1, 0.15) is 5.75 Å². The molecule has 1 aromatic heterocycles. The lowest BCUT2D eigenvalue weighted by molar-refractivity contribution is 0.113. The lowest BCUT2D eigenvalue weighted by Crippen LogP contribution is -2.46. The first-order chi connectivity index (χ1) is 13.2. The molecule has 2 heterocycles. The molecule has 0 bridgehead atoms. The Morgan fingerprint density at radius 1 is 1.19 bits per heavy atom. The maximum atomic E-state index is 10.4. The minimum Gasteiger partial charge on any atom is -0.497 e. The third-order valence-corrected chi connectivity index (χ3v) is 5.07. The van der Waals surface area contributed by atoms with Crippen LogP contribution in [0.5, 0.6) is 5.75 Å². The van der Waals surface area contributed by atoms with Gasteiger partial charge in [0.25, 0.3) is 0 Å². The Morgan fingerprint density at radius 3 is 2.78 bits per heavy atom. The van der Waals surface area contributed by atoms with Crippen molar-refractivity contribution in [3.63, 3.8) is 0 Å². The number of anilines is 1. The number of nitrogens with one attached hydrogen (secondary N) is 1. The van der Waals surface area contributed by atoms with E-state index in [-0.39, 0.29) is 6.10 Å². The van der Waals surface area contributed by atoms with E-state index in [2.05, 4.69) is 44.7 Å². The Labute approximate surface area is 159 Å². The van der Waals surface area contributed by atoms with Crippen molar-refractivity contribution in [3.8, 4) is 5.75 Å². The summed E-state index contributed by atoms with van der Waals surface area (Å²) in [6.07, 6.45) is 2.13. The van der Waals surface area contributed by atoms with Gasteiger partial charge in [-0.1, -0.05) is 12.1 Å². The number of fused-ring (bicyclic) bond motifs is 1. The van der Waals surface area contributed by atoms with Crippen molar-refractivity contribution in [2.24, 2.45) is 0 Å². The van der Waals surface area contributed by atoms with Crippen molar-refractivity contribution in [1.82, 2.24) is 15.1 Å². The molecule has 141 valence electrons. The van der Waals surface area contributed by atoms with E-state index < -0.39 is 0 Å². The number of rotatable bonds is 6. The number of β-amino-alcohol motifs (C(OH)–C–C–N with tert-alkyl or cyclic N) is 1. The zero-order chi connectivity index (χ0) is 18.6. The number of ether oxygens (including phenoxy) is 1. The third kappa shape index (κ3) is 4.23. The van der Waals surface area contributed by atoms with Crippen molar-refractivity contribution in [2.45, 2.75) is 12.5 Å². The zero-order valence-electron chi connectivity index (χ0n) is 15.5.